The van der Waals surface area contributed by atoms with Gasteiger partial charge in [0.25, 0.3) is 0 Å². The van der Waals surface area contributed by atoms with Crippen LogP contribution in [0.2, 0.25) is 5.15 Å². The van der Waals surface area contributed by atoms with Crippen LogP contribution >= 0.6 is 11.6 Å². The predicted octanol–water partition coefficient (Wildman–Crippen LogP) is 2.17. The van der Waals surface area contributed by atoms with Crippen molar-refractivity contribution >= 4 is 28.3 Å². The fourth-order valence-electron chi connectivity index (χ4n) is 1.16. The van der Waals surface area contributed by atoms with Gasteiger partial charge < -0.3 is 5.73 Å². The van der Waals surface area contributed by atoms with Gasteiger partial charge in [0.05, 0.1) is 16.9 Å². The lowest BCUT2D eigenvalue weighted by Gasteiger charge is -2.02. The van der Waals surface area contributed by atoms with E-state index in [-0.39, 0.29) is 0 Å². The summed E-state index contributed by atoms with van der Waals surface area (Å²) >= 11 is 5.83. The smallest absolute Gasteiger partial charge is 0.150 e. The average molecular weight is 194 g/mol. The molecular formula is C9H8ClN3. The Labute approximate surface area is 80.6 Å². The molecule has 1 heterocycles. The second-order valence-electron chi connectivity index (χ2n) is 2.81. The normalized spacial score (nSPS) is 10.6. The molecule has 3 nitrogen and oxygen atoms in total. The van der Waals surface area contributed by atoms with E-state index >= 15 is 0 Å². The highest BCUT2D eigenvalue weighted by Crippen LogP contribution is 2.20. The highest BCUT2D eigenvalue weighted by Gasteiger charge is 2.04. The Hall–Kier alpha value is -1.35. The summed E-state index contributed by atoms with van der Waals surface area (Å²) in [4.78, 5) is 8.41. The molecule has 0 spiro atoms. The molecule has 0 aliphatic heterocycles. The van der Waals surface area contributed by atoms with Crippen LogP contribution in [0, 0.1) is 6.92 Å². The predicted molar refractivity (Wildman–Crippen MR) is 53.7 cm³/mol. The third kappa shape index (κ3) is 1.31. The van der Waals surface area contributed by atoms with Gasteiger partial charge in [-0.1, -0.05) is 17.7 Å². The van der Waals surface area contributed by atoms with Crippen LogP contribution in [0.1, 0.15) is 5.69 Å². The molecule has 0 amide bonds. The number of fused-ring (bicyclic) bond motifs is 1. The summed E-state index contributed by atoms with van der Waals surface area (Å²) < 4.78 is 0. The van der Waals surface area contributed by atoms with E-state index in [0.29, 0.717) is 22.1 Å². The van der Waals surface area contributed by atoms with Crippen LogP contribution in [0.5, 0.6) is 0 Å². The van der Waals surface area contributed by atoms with Crippen LogP contribution in [0.4, 0.5) is 5.69 Å². The number of nitrogens with two attached hydrogens (primary N) is 1. The van der Waals surface area contributed by atoms with Crippen LogP contribution in [0.15, 0.2) is 18.2 Å². The number of nitrogens with zero attached hydrogens (tertiary/aromatic N) is 2. The van der Waals surface area contributed by atoms with Crippen LogP contribution in [-0.4, -0.2) is 9.97 Å². The molecule has 0 atom stereocenters. The van der Waals surface area contributed by atoms with E-state index in [1.54, 1.807) is 13.0 Å². The first-order valence-electron chi connectivity index (χ1n) is 3.87. The lowest BCUT2D eigenvalue weighted by Crippen LogP contribution is -1.94. The lowest BCUT2D eigenvalue weighted by atomic mass is 10.2. The number of anilines is 1. The molecule has 0 saturated carbocycles. The minimum Gasteiger partial charge on any atom is -0.397 e. The van der Waals surface area contributed by atoms with Gasteiger partial charge in [-0.05, 0) is 19.1 Å². The molecule has 0 saturated heterocycles. The van der Waals surface area contributed by atoms with E-state index < -0.39 is 0 Å². The molecule has 0 aliphatic carbocycles. The Balaban J connectivity index is 2.89. The van der Waals surface area contributed by atoms with Crippen molar-refractivity contribution in [3.63, 3.8) is 0 Å². The van der Waals surface area contributed by atoms with Gasteiger partial charge >= 0.3 is 0 Å². The van der Waals surface area contributed by atoms with Gasteiger partial charge in [-0.3, -0.25) is 0 Å². The molecule has 0 aliphatic rings. The Kier molecular flexibility index (Phi) is 1.81. The molecular weight excluding hydrogens is 186 g/mol. The van der Waals surface area contributed by atoms with Crippen molar-refractivity contribution < 1.29 is 0 Å². The second-order valence-corrected chi connectivity index (χ2v) is 3.17. The largest absolute Gasteiger partial charge is 0.397 e. The maximum absolute atomic E-state index is 5.83. The van der Waals surface area contributed by atoms with Crippen LogP contribution in [0.25, 0.3) is 11.0 Å². The molecule has 2 aromatic rings. The van der Waals surface area contributed by atoms with Crippen LogP contribution in [-0.2, 0) is 0 Å². The Morgan fingerprint density at radius 3 is 2.85 bits per heavy atom. The molecule has 1 aromatic carbocycles. The summed E-state index contributed by atoms with van der Waals surface area (Å²) in [6, 6.07) is 5.46. The van der Waals surface area contributed by atoms with Gasteiger partial charge in [0.15, 0.2) is 5.15 Å². The Morgan fingerprint density at radius 2 is 2.08 bits per heavy atom. The van der Waals surface area contributed by atoms with Crippen molar-refractivity contribution in [2.45, 2.75) is 6.92 Å². The van der Waals surface area contributed by atoms with Gasteiger partial charge in [0, 0.05) is 0 Å². The topological polar surface area (TPSA) is 51.8 Å². The van der Waals surface area contributed by atoms with E-state index in [1.165, 1.54) is 0 Å². The number of aromatic nitrogens is 2. The van der Waals surface area contributed by atoms with Crippen molar-refractivity contribution in [1.82, 2.24) is 9.97 Å². The van der Waals surface area contributed by atoms with E-state index in [2.05, 4.69) is 9.97 Å². The third-order valence-corrected chi connectivity index (χ3v) is 2.20. The van der Waals surface area contributed by atoms with Gasteiger partial charge in [0.1, 0.15) is 5.52 Å². The number of halogens is 1. The number of para-hydroxylation sites is 1. The summed E-state index contributed by atoms with van der Waals surface area (Å²) in [6.45, 7) is 1.81. The first-order valence-corrected chi connectivity index (χ1v) is 4.24. The number of aryl methyl sites for hydroxylation is 1. The molecule has 2 rings (SSSR count). The quantitative estimate of drug-likeness (QED) is 0.653. The fourth-order valence-corrected chi connectivity index (χ4v) is 1.29. The zero-order valence-corrected chi connectivity index (χ0v) is 7.84. The summed E-state index contributed by atoms with van der Waals surface area (Å²) in [5, 5.41) is 0.429. The van der Waals surface area contributed by atoms with E-state index in [0.717, 1.165) is 5.52 Å². The zero-order valence-electron chi connectivity index (χ0n) is 7.08. The molecule has 0 radical (unpaired) electrons. The number of hydrogen-bond acceptors (Lipinski definition) is 3. The van der Waals surface area contributed by atoms with E-state index in [4.69, 9.17) is 17.3 Å². The molecule has 0 unspecified atom stereocenters. The van der Waals surface area contributed by atoms with Crippen molar-refractivity contribution in [3.8, 4) is 0 Å². The number of nitrogen functional groups attached to an aromatic ring is 1. The van der Waals surface area contributed by atoms with E-state index in [1.807, 2.05) is 12.1 Å². The SMILES string of the molecule is Cc1nc2c(N)cccc2nc1Cl. The van der Waals surface area contributed by atoms with Crippen molar-refractivity contribution in [3.05, 3.63) is 29.0 Å². The van der Waals surface area contributed by atoms with Crippen molar-refractivity contribution in [2.75, 3.05) is 5.73 Å². The second kappa shape index (κ2) is 2.85. The average Bonchev–Trinajstić information content (AvgIpc) is 2.09. The zero-order chi connectivity index (χ0) is 9.42. The Morgan fingerprint density at radius 1 is 1.31 bits per heavy atom. The number of benzene rings is 1. The summed E-state index contributed by atoms with van der Waals surface area (Å²) in [5.41, 5.74) is 8.50. The van der Waals surface area contributed by atoms with Crippen LogP contribution in [0.3, 0.4) is 0 Å². The first kappa shape index (κ1) is 8.26. The third-order valence-electron chi connectivity index (χ3n) is 1.84. The van der Waals surface area contributed by atoms with Gasteiger partial charge in [-0.15, -0.1) is 0 Å². The first-order chi connectivity index (χ1) is 6.18. The highest BCUT2D eigenvalue weighted by molar-refractivity contribution is 6.30. The number of rotatable bonds is 0. The molecule has 1 aromatic heterocycles. The maximum Gasteiger partial charge on any atom is 0.150 e. The molecule has 13 heavy (non-hydrogen) atoms. The minimum absolute atomic E-state index is 0.429. The summed E-state index contributed by atoms with van der Waals surface area (Å²) in [7, 11) is 0. The molecule has 4 heteroatoms. The number of hydrogen-bond donors (Lipinski definition) is 1. The van der Waals surface area contributed by atoms with Gasteiger partial charge in [0.2, 0.25) is 0 Å². The fraction of sp³-hybridized carbons (Fsp3) is 0.111. The monoisotopic (exact) mass is 193 g/mol. The molecule has 0 fully saturated rings. The standard InChI is InChI=1S/C9H8ClN3/c1-5-9(10)13-7-4-2-3-6(11)8(7)12-5/h2-4H,11H2,1H3. The summed E-state index contributed by atoms with van der Waals surface area (Å²) in [6.07, 6.45) is 0. The summed E-state index contributed by atoms with van der Waals surface area (Å²) in [5.74, 6) is 0. The van der Waals surface area contributed by atoms with Crippen LogP contribution < -0.4 is 5.73 Å². The molecule has 2 N–H and O–H groups in total. The van der Waals surface area contributed by atoms with Crippen molar-refractivity contribution in [2.24, 2.45) is 0 Å². The lowest BCUT2D eigenvalue weighted by molar-refractivity contribution is 1.19. The molecule has 0 bridgehead atoms. The highest BCUT2D eigenvalue weighted by atomic mass is 35.5. The van der Waals surface area contributed by atoms with Gasteiger partial charge in [-0.2, -0.15) is 0 Å². The minimum atomic E-state index is 0.429. The van der Waals surface area contributed by atoms with E-state index in [9.17, 15) is 0 Å². The molecule has 66 valence electrons. The Bertz CT molecular complexity index is 468. The van der Waals surface area contributed by atoms with Gasteiger partial charge in [-0.25, -0.2) is 9.97 Å². The maximum atomic E-state index is 5.83. The van der Waals surface area contributed by atoms with Crippen molar-refractivity contribution in [1.29, 1.82) is 0 Å².